The molecule has 1 aromatic heterocycles. The van der Waals surface area contributed by atoms with Gasteiger partial charge in [0, 0.05) is 24.4 Å². The molecule has 1 fully saturated rings. The van der Waals surface area contributed by atoms with Gasteiger partial charge in [0.2, 0.25) is 0 Å². The van der Waals surface area contributed by atoms with Crippen LogP contribution in [0.15, 0.2) is 24.3 Å². The Bertz CT molecular complexity index is 688. The molecule has 0 amide bonds. The van der Waals surface area contributed by atoms with Crippen molar-refractivity contribution >= 4 is 22.6 Å². The highest BCUT2D eigenvalue weighted by Crippen LogP contribution is 2.44. The van der Waals surface area contributed by atoms with Crippen LogP contribution in [0, 0.1) is 0 Å². The minimum atomic E-state index is -0.845. The third-order valence-corrected chi connectivity index (χ3v) is 4.31. The average molecular weight is 254 g/mol. The molecule has 3 aliphatic heterocycles. The van der Waals surface area contributed by atoms with E-state index in [0.717, 1.165) is 48.2 Å². The molecule has 0 spiro atoms. The first kappa shape index (κ1) is 10.8. The predicted octanol–water partition coefficient (Wildman–Crippen LogP) is 2.63. The number of anilines is 1. The van der Waals surface area contributed by atoms with E-state index < -0.39 is 5.97 Å². The number of aromatic nitrogens is 1. The fourth-order valence-electron chi connectivity index (χ4n) is 3.42. The number of piperidine rings is 1. The first-order valence-corrected chi connectivity index (χ1v) is 6.66. The maximum atomic E-state index is 11.7. The molecule has 2 bridgehead atoms. The first-order chi connectivity index (χ1) is 9.25. The zero-order chi connectivity index (χ0) is 13.0. The molecule has 1 saturated heterocycles. The topological polar surface area (TPSA) is 53.4 Å². The van der Waals surface area contributed by atoms with Crippen LogP contribution < -0.4 is 4.90 Å². The van der Waals surface area contributed by atoms with E-state index in [4.69, 9.17) is 4.98 Å². The fraction of sp³-hybridized carbons (Fsp3) is 0.333. The molecule has 0 atom stereocenters. The number of nitrogens with zero attached hydrogens (tertiary/aromatic N) is 2. The minimum Gasteiger partial charge on any atom is -0.478 e. The van der Waals surface area contributed by atoms with Crippen molar-refractivity contribution in [1.29, 1.82) is 0 Å². The van der Waals surface area contributed by atoms with Crippen molar-refractivity contribution in [3.05, 3.63) is 35.5 Å². The average Bonchev–Trinajstić information content (AvgIpc) is 2.45. The van der Waals surface area contributed by atoms with E-state index in [1.54, 1.807) is 0 Å². The molecule has 96 valence electrons. The van der Waals surface area contributed by atoms with Crippen LogP contribution in [0.25, 0.3) is 10.9 Å². The second kappa shape index (κ2) is 3.70. The summed E-state index contributed by atoms with van der Waals surface area (Å²) in [4.78, 5) is 18.6. The van der Waals surface area contributed by atoms with Crippen molar-refractivity contribution in [2.45, 2.75) is 18.8 Å². The van der Waals surface area contributed by atoms with E-state index in [1.807, 2.05) is 24.3 Å². The van der Waals surface area contributed by atoms with Crippen LogP contribution in [0.3, 0.4) is 0 Å². The van der Waals surface area contributed by atoms with E-state index in [0.29, 0.717) is 11.5 Å². The molecule has 0 unspecified atom stereocenters. The lowest BCUT2D eigenvalue weighted by Crippen LogP contribution is -2.40. The van der Waals surface area contributed by atoms with Crippen LogP contribution in [-0.4, -0.2) is 29.1 Å². The molecule has 19 heavy (non-hydrogen) atoms. The van der Waals surface area contributed by atoms with Crippen LogP contribution in [0.1, 0.15) is 34.8 Å². The predicted molar refractivity (Wildman–Crippen MR) is 72.9 cm³/mol. The summed E-state index contributed by atoms with van der Waals surface area (Å²) >= 11 is 0. The third kappa shape index (κ3) is 1.40. The van der Waals surface area contributed by atoms with E-state index in [9.17, 15) is 9.90 Å². The van der Waals surface area contributed by atoms with Crippen LogP contribution in [0.4, 0.5) is 5.69 Å². The molecule has 0 saturated carbocycles. The molecule has 4 heteroatoms. The molecule has 2 aromatic rings. The summed E-state index contributed by atoms with van der Waals surface area (Å²) in [5.41, 5.74) is 3.10. The molecule has 3 aliphatic rings. The van der Waals surface area contributed by atoms with Crippen LogP contribution >= 0.6 is 0 Å². The Labute approximate surface area is 110 Å². The highest BCUT2D eigenvalue weighted by atomic mass is 16.4. The Hall–Kier alpha value is -2.10. The van der Waals surface area contributed by atoms with Gasteiger partial charge in [0.1, 0.15) is 0 Å². The van der Waals surface area contributed by atoms with Gasteiger partial charge in [-0.15, -0.1) is 0 Å². The van der Waals surface area contributed by atoms with Crippen molar-refractivity contribution in [3.63, 3.8) is 0 Å². The molecular formula is C15H14N2O2. The number of carbonyl (C=O) groups is 1. The molecule has 4 heterocycles. The van der Waals surface area contributed by atoms with Gasteiger partial charge in [0.25, 0.3) is 0 Å². The van der Waals surface area contributed by atoms with Gasteiger partial charge >= 0.3 is 5.97 Å². The first-order valence-electron chi connectivity index (χ1n) is 6.66. The molecule has 0 aliphatic carbocycles. The van der Waals surface area contributed by atoms with E-state index in [2.05, 4.69) is 4.90 Å². The highest BCUT2D eigenvalue weighted by Gasteiger charge is 2.36. The molecule has 5 rings (SSSR count). The zero-order valence-electron chi connectivity index (χ0n) is 10.5. The SMILES string of the molecule is O=C(O)c1c2c(nc3ccccc13)C1CCN2CC1. The van der Waals surface area contributed by atoms with E-state index in [1.165, 1.54) is 0 Å². The Morgan fingerprint density at radius 3 is 2.74 bits per heavy atom. The Morgan fingerprint density at radius 2 is 2.00 bits per heavy atom. The van der Waals surface area contributed by atoms with Crippen molar-refractivity contribution in [1.82, 2.24) is 4.98 Å². The fourth-order valence-corrected chi connectivity index (χ4v) is 3.42. The normalized spacial score (nSPS) is 17.8. The summed E-state index contributed by atoms with van der Waals surface area (Å²) in [6.07, 6.45) is 2.19. The monoisotopic (exact) mass is 254 g/mol. The number of aromatic carboxylic acids is 1. The number of para-hydroxylation sites is 1. The Kier molecular flexibility index (Phi) is 2.10. The summed E-state index contributed by atoms with van der Waals surface area (Å²) in [7, 11) is 0. The lowest BCUT2D eigenvalue weighted by Gasteiger charge is -2.42. The molecule has 4 nitrogen and oxygen atoms in total. The number of fused-ring (bicyclic) bond motifs is 3. The molecule has 0 radical (unpaired) electrons. The van der Waals surface area contributed by atoms with E-state index >= 15 is 0 Å². The quantitative estimate of drug-likeness (QED) is 0.850. The standard InChI is InChI=1S/C15H14N2O2/c18-15(19)12-10-3-1-2-4-11(10)16-13-9-5-7-17(8-6-9)14(12)13/h1-4,9H,5-8H2,(H,18,19). The van der Waals surface area contributed by atoms with Gasteiger partial charge in [-0.05, 0) is 18.9 Å². The molecule has 1 N–H and O–H groups in total. The molecular weight excluding hydrogens is 240 g/mol. The summed E-state index contributed by atoms with van der Waals surface area (Å²) in [6.45, 7) is 1.91. The van der Waals surface area contributed by atoms with Gasteiger partial charge in [-0.1, -0.05) is 18.2 Å². The zero-order valence-corrected chi connectivity index (χ0v) is 10.5. The van der Waals surface area contributed by atoms with Gasteiger partial charge < -0.3 is 10.0 Å². The second-order valence-electron chi connectivity index (χ2n) is 5.30. The lowest BCUT2D eigenvalue weighted by atomic mass is 9.84. The summed E-state index contributed by atoms with van der Waals surface area (Å²) in [5.74, 6) is -0.412. The molecule has 1 aromatic carbocycles. The van der Waals surface area contributed by atoms with Gasteiger partial charge in [-0.25, -0.2) is 4.79 Å². The number of carboxylic acids is 1. The number of carboxylic acid groups (broad SMARTS) is 1. The third-order valence-electron chi connectivity index (χ3n) is 4.31. The van der Waals surface area contributed by atoms with Crippen LogP contribution in [0.2, 0.25) is 0 Å². The van der Waals surface area contributed by atoms with Gasteiger partial charge in [0.05, 0.1) is 22.5 Å². The number of rotatable bonds is 1. The Morgan fingerprint density at radius 1 is 1.26 bits per heavy atom. The van der Waals surface area contributed by atoms with Crippen molar-refractivity contribution in [2.24, 2.45) is 0 Å². The number of benzene rings is 1. The largest absolute Gasteiger partial charge is 0.478 e. The maximum Gasteiger partial charge on any atom is 0.338 e. The number of hydrogen-bond acceptors (Lipinski definition) is 3. The summed E-state index contributed by atoms with van der Waals surface area (Å²) in [6, 6.07) is 7.54. The summed E-state index contributed by atoms with van der Waals surface area (Å²) in [5, 5.41) is 10.4. The Balaban J connectivity index is 2.14. The van der Waals surface area contributed by atoms with Gasteiger partial charge in [0.15, 0.2) is 0 Å². The van der Waals surface area contributed by atoms with Crippen LogP contribution in [0.5, 0.6) is 0 Å². The number of pyridine rings is 1. The van der Waals surface area contributed by atoms with Gasteiger partial charge in [-0.3, -0.25) is 4.98 Å². The van der Waals surface area contributed by atoms with Crippen molar-refractivity contribution in [3.8, 4) is 0 Å². The smallest absolute Gasteiger partial charge is 0.338 e. The van der Waals surface area contributed by atoms with E-state index in [-0.39, 0.29) is 0 Å². The van der Waals surface area contributed by atoms with Crippen LogP contribution in [-0.2, 0) is 0 Å². The van der Waals surface area contributed by atoms with Gasteiger partial charge in [-0.2, -0.15) is 0 Å². The minimum absolute atomic E-state index is 0.433. The van der Waals surface area contributed by atoms with Crippen molar-refractivity contribution in [2.75, 3.05) is 18.0 Å². The number of hydrogen-bond donors (Lipinski definition) is 1. The second-order valence-corrected chi connectivity index (χ2v) is 5.30. The maximum absolute atomic E-state index is 11.7. The lowest BCUT2D eigenvalue weighted by molar-refractivity contribution is 0.0699. The van der Waals surface area contributed by atoms with Crippen molar-refractivity contribution < 1.29 is 9.90 Å². The highest BCUT2D eigenvalue weighted by molar-refractivity contribution is 6.08. The summed E-state index contributed by atoms with van der Waals surface area (Å²) < 4.78 is 0.